The largest absolute Gasteiger partial charge is 0.362 e. The number of nitrogens with one attached hydrogen (secondary N) is 2. The van der Waals surface area contributed by atoms with Gasteiger partial charge in [0.1, 0.15) is 17.5 Å². The van der Waals surface area contributed by atoms with E-state index in [1.165, 1.54) is 36.9 Å². The second kappa shape index (κ2) is 10.3. The molecule has 4 rings (SSSR count). The topological polar surface area (TPSA) is 75.6 Å². The Kier molecular flexibility index (Phi) is 8.40. The number of halogens is 2. The van der Waals surface area contributed by atoms with Gasteiger partial charge in [0.15, 0.2) is 0 Å². The first-order chi connectivity index (χ1) is 12.7. The van der Waals surface area contributed by atoms with E-state index in [4.69, 9.17) is 9.97 Å². The van der Waals surface area contributed by atoms with Crippen LogP contribution < -0.4 is 10.6 Å². The van der Waals surface area contributed by atoms with E-state index in [-0.39, 0.29) is 24.8 Å². The number of hydrogen-bond acceptors (Lipinski definition) is 6. The third-order valence-electron chi connectivity index (χ3n) is 5.36. The highest BCUT2D eigenvalue weighted by Crippen LogP contribution is 2.34. The molecule has 8 heteroatoms. The molecule has 154 valence electrons. The van der Waals surface area contributed by atoms with E-state index in [0.717, 1.165) is 54.8 Å². The van der Waals surface area contributed by atoms with Crippen LogP contribution in [0.5, 0.6) is 0 Å². The molecule has 6 nitrogen and oxygen atoms in total. The minimum atomic E-state index is 0. The van der Waals surface area contributed by atoms with Crippen molar-refractivity contribution in [2.24, 2.45) is 0 Å². The molecule has 0 unspecified atom stereocenters. The molecule has 1 aliphatic carbocycles. The lowest BCUT2D eigenvalue weighted by atomic mass is 10.0. The monoisotopic (exact) mass is 424 g/mol. The number of fused-ring (bicyclic) bond motifs is 1. The van der Waals surface area contributed by atoms with Gasteiger partial charge in [-0.15, -0.1) is 24.8 Å². The summed E-state index contributed by atoms with van der Waals surface area (Å²) in [7, 11) is 0. The van der Waals surface area contributed by atoms with Crippen LogP contribution in [0.3, 0.4) is 0 Å². The summed E-state index contributed by atoms with van der Waals surface area (Å²) in [6, 6.07) is 2.00. The lowest BCUT2D eigenvalue weighted by Crippen LogP contribution is -2.16. The molecule has 1 fully saturated rings. The van der Waals surface area contributed by atoms with Crippen molar-refractivity contribution < 1.29 is 0 Å². The van der Waals surface area contributed by atoms with Crippen molar-refractivity contribution in [3.05, 3.63) is 40.4 Å². The molecule has 1 aliphatic heterocycles. The van der Waals surface area contributed by atoms with Crippen molar-refractivity contribution in [2.45, 2.75) is 64.8 Å². The Balaban J connectivity index is 0.00000140. The summed E-state index contributed by atoms with van der Waals surface area (Å²) in [6.45, 7) is 6.60. The lowest BCUT2D eigenvalue weighted by Gasteiger charge is -2.17. The fourth-order valence-electron chi connectivity index (χ4n) is 4.12. The molecule has 2 aliphatic rings. The predicted molar refractivity (Wildman–Crippen MR) is 117 cm³/mol. The highest BCUT2D eigenvalue weighted by Gasteiger charge is 2.24. The first kappa shape index (κ1) is 22.8. The molecule has 0 aromatic carbocycles. The number of aromatic nitrogens is 4. The summed E-state index contributed by atoms with van der Waals surface area (Å²) in [5.74, 6) is 3.37. The van der Waals surface area contributed by atoms with Gasteiger partial charge in [0.2, 0.25) is 0 Å². The van der Waals surface area contributed by atoms with E-state index in [0.29, 0.717) is 12.5 Å². The second-order valence-corrected chi connectivity index (χ2v) is 7.51. The van der Waals surface area contributed by atoms with Crippen LogP contribution in [-0.2, 0) is 19.4 Å². The molecule has 2 N–H and O–H groups in total. The van der Waals surface area contributed by atoms with Gasteiger partial charge in [0, 0.05) is 35.8 Å². The van der Waals surface area contributed by atoms with Gasteiger partial charge in [-0.3, -0.25) is 0 Å². The Morgan fingerprint density at radius 3 is 2.36 bits per heavy atom. The summed E-state index contributed by atoms with van der Waals surface area (Å²) in [6.07, 6.45) is 6.98. The standard InChI is InChI=1S/C20H28N6.2ClH/c1-13-11-14(2)24-18(23-13)12-22-20-16-7-9-21-10-8-17(16)25-19(26-20)15-5-3-4-6-15;;/h11,15,21H,3-10,12H2,1-2H3,(H,22,25,26);2*1H. The Morgan fingerprint density at radius 1 is 0.964 bits per heavy atom. The molecular weight excluding hydrogens is 395 g/mol. The van der Waals surface area contributed by atoms with Crippen LogP contribution >= 0.6 is 24.8 Å². The van der Waals surface area contributed by atoms with E-state index < -0.39 is 0 Å². The Bertz CT molecular complexity index is 772. The van der Waals surface area contributed by atoms with Gasteiger partial charge < -0.3 is 10.6 Å². The van der Waals surface area contributed by atoms with Crippen LogP contribution in [0.1, 0.15) is 65.9 Å². The summed E-state index contributed by atoms with van der Waals surface area (Å²) in [5.41, 5.74) is 4.50. The minimum absolute atomic E-state index is 0. The highest BCUT2D eigenvalue weighted by atomic mass is 35.5. The maximum Gasteiger partial charge on any atom is 0.147 e. The zero-order valence-corrected chi connectivity index (χ0v) is 18.3. The molecule has 0 saturated heterocycles. The van der Waals surface area contributed by atoms with Gasteiger partial charge >= 0.3 is 0 Å². The maximum atomic E-state index is 4.98. The smallest absolute Gasteiger partial charge is 0.147 e. The van der Waals surface area contributed by atoms with Gasteiger partial charge in [-0.2, -0.15) is 0 Å². The summed E-state index contributed by atoms with van der Waals surface area (Å²) < 4.78 is 0. The molecule has 1 saturated carbocycles. The van der Waals surface area contributed by atoms with Gasteiger partial charge in [0.05, 0.1) is 12.2 Å². The fraction of sp³-hybridized carbons (Fsp3) is 0.600. The Morgan fingerprint density at radius 2 is 1.64 bits per heavy atom. The Hall–Kier alpha value is -1.50. The fourth-order valence-corrected chi connectivity index (χ4v) is 4.12. The van der Waals surface area contributed by atoms with E-state index in [1.54, 1.807) is 0 Å². The molecule has 28 heavy (non-hydrogen) atoms. The zero-order chi connectivity index (χ0) is 17.9. The van der Waals surface area contributed by atoms with Crippen molar-refractivity contribution in [2.75, 3.05) is 18.4 Å². The second-order valence-electron chi connectivity index (χ2n) is 7.51. The third kappa shape index (κ3) is 5.31. The molecule has 2 aromatic heterocycles. The molecule has 0 bridgehead atoms. The normalized spacial score (nSPS) is 16.5. The molecule has 0 amide bonds. The maximum absolute atomic E-state index is 4.98. The van der Waals surface area contributed by atoms with Crippen molar-refractivity contribution in [1.82, 2.24) is 25.3 Å². The lowest BCUT2D eigenvalue weighted by molar-refractivity contribution is 0.657. The van der Waals surface area contributed by atoms with Crippen LogP contribution in [0.25, 0.3) is 0 Å². The van der Waals surface area contributed by atoms with Gasteiger partial charge in [-0.05, 0) is 45.7 Å². The molecule has 0 radical (unpaired) electrons. The molecule has 2 aromatic rings. The van der Waals surface area contributed by atoms with Gasteiger partial charge in [-0.1, -0.05) is 12.8 Å². The van der Waals surface area contributed by atoms with E-state index >= 15 is 0 Å². The van der Waals surface area contributed by atoms with Crippen LogP contribution in [-0.4, -0.2) is 33.0 Å². The van der Waals surface area contributed by atoms with Crippen LogP contribution in [0.15, 0.2) is 6.07 Å². The molecule has 0 spiro atoms. The predicted octanol–water partition coefficient (Wildman–Crippen LogP) is 3.68. The molecule has 0 atom stereocenters. The average molecular weight is 425 g/mol. The van der Waals surface area contributed by atoms with Crippen molar-refractivity contribution in [3.63, 3.8) is 0 Å². The van der Waals surface area contributed by atoms with Crippen LogP contribution in [0.4, 0.5) is 5.82 Å². The number of anilines is 1. The quantitative estimate of drug-likeness (QED) is 0.779. The SMILES string of the molecule is Cc1cc(C)nc(CNc2nc(C3CCCC3)nc3c2CCNCC3)n1.Cl.Cl. The van der Waals surface area contributed by atoms with Gasteiger partial charge in [0.25, 0.3) is 0 Å². The first-order valence-electron chi connectivity index (χ1n) is 9.84. The first-order valence-corrected chi connectivity index (χ1v) is 9.84. The summed E-state index contributed by atoms with van der Waals surface area (Å²) in [5, 5.41) is 7.01. The average Bonchev–Trinajstić information content (AvgIpc) is 3.04. The Labute approximate surface area is 179 Å². The minimum Gasteiger partial charge on any atom is -0.362 e. The summed E-state index contributed by atoms with van der Waals surface area (Å²) in [4.78, 5) is 19.0. The highest BCUT2D eigenvalue weighted by molar-refractivity contribution is 5.85. The number of hydrogen-bond donors (Lipinski definition) is 2. The van der Waals surface area contributed by atoms with Crippen molar-refractivity contribution in [1.29, 1.82) is 0 Å². The van der Waals surface area contributed by atoms with E-state index in [2.05, 4.69) is 20.6 Å². The zero-order valence-electron chi connectivity index (χ0n) is 16.6. The van der Waals surface area contributed by atoms with Crippen molar-refractivity contribution in [3.8, 4) is 0 Å². The van der Waals surface area contributed by atoms with Gasteiger partial charge in [-0.25, -0.2) is 19.9 Å². The summed E-state index contributed by atoms with van der Waals surface area (Å²) >= 11 is 0. The molecular formula is C20H30Cl2N6. The van der Waals surface area contributed by atoms with E-state index in [9.17, 15) is 0 Å². The van der Waals surface area contributed by atoms with Crippen LogP contribution in [0.2, 0.25) is 0 Å². The van der Waals surface area contributed by atoms with E-state index in [1.807, 2.05) is 19.9 Å². The number of rotatable bonds is 4. The van der Waals surface area contributed by atoms with Crippen molar-refractivity contribution >= 4 is 30.6 Å². The third-order valence-corrected chi connectivity index (χ3v) is 5.36. The van der Waals surface area contributed by atoms with Crippen LogP contribution in [0, 0.1) is 13.8 Å². The number of aryl methyl sites for hydroxylation is 2. The number of nitrogens with zero attached hydrogens (tertiary/aromatic N) is 4. The molecule has 3 heterocycles.